The first-order chi connectivity index (χ1) is 15.0. The SMILES string of the molecule is O=C(O[C@@H](C(=O)N1CCCCC1)c1ccccc1)c1sccc1S(=O)(=O)N1CCCC1. The monoisotopic (exact) mass is 462 g/mol. The Kier molecular flexibility index (Phi) is 6.74. The normalized spacial score (nSPS) is 18.6. The van der Waals surface area contributed by atoms with E-state index >= 15 is 0 Å². The highest BCUT2D eigenvalue weighted by atomic mass is 32.2. The third-order valence-electron chi connectivity index (χ3n) is 5.72. The molecule has 2 fully saturated rings. The molecule has 4 rings (SSSR count). The molecule has 0 N–H and O–H groups in total. The van der Waals surface area contributed by atoms with Crippen molar-refractivity contribution in [2.45, 2.75) is 43.1 Å². The first-order valence-electron chi connectivity index (χ1n) is 10.6. The molecule has 7 nitrogen and oxygen atoms in total. The van der Waals surface area contributed by atoms with Gasteiger partial charge in [0.1, 0.15) is 9.77 Å². The molecule has 3 heterocycles. The van der Waals surface area contributed by atoms with Gasteiger partial charge in [-0.15, -0.1) is 11.3 Å². The highest BCUT2D eigenvalue weighted by molar-refractivity contribution is 7.89. The van der Waals surface area contributed by atoms with Crippen LogP contribution in [-0.4, -0.2) is 55.7 Å². The van der Waals surface area contributed by atoms with Gasteiger partial charge in [0.2, 0.25) is 16.1 Å². The number of ether oxygens (including phenoxy) is 1. The minimum Gasteiger partial charge on any atom is -0.443 e. The molecule has 31 heavy (non-hydrogen) atoms. The number of piperidine rings is 1. The smallest absolute Gasteiger partial charge is 0.350 e. The maximum Gasteiger partial charge on any atom is 0.350 e. The van der Waals surface area contributed by atoms with Gasteiger partial charge in [-0.3, -0.25) is 4.79 Å². The third-order valence-corrected chi connectivity index (χ3v) is 8.68. The van der Waals surface area contributed by atoms with Crippen molar-refractivity contribution in [2.24, 2.45) is 0 Å². The lowest BCUT2D eigenvalue weighted by atomic mass is 10.1. The van der Waals surface area contributed by atoms with E-state index < -0.39 is 22.1 Å². The van der Waals surface area contributed by atoms with Gasteiger partial charge in [-0.2, -0.15) is 4.31 Å². The van der Waals surface area contributed by atoms with E-state index in [1.807, 2.05) is 6.07 Å². The van der Waals surface area contributed by atoms with Crippen molar-refractivity contribution >= 4 is 33.2 Å². The first-order valence-corrected chi connectivity index (χ1v) is 12.9. The topological polar surface area (TPSA) is 84.0 Å². The molecule has 0 unspecified atom stereocenters. The van der Waals surface area contributed by atoms with Gasteiger partial charge in [-0.05, 0) is 43.6 Å². The van der Waals surface area contributed by atoms with E-state index in [0.29, 0.717) is 31.7 Å². The zero-order chi connectivity index (χ0) is 21.8. The summed E-state index contributed by atoms with van der Waals surface area (Å²) in [6.07, 6.45) is 3.44. The number of benzene rings is 1. The lowest BCUT2D eigenvalue weighted by Crippen LogP contribution is -2.40. The van der Waals surface area contributed by atoms with Crippen molar-refractivity contribution in [3.8, 4) is 0 Å². The van der Waals surface area contributed by atoms with Crippen LogP contribution in [0.15, 0.2) is 46.7 Å². The van der Waals surface area contributed by atoms with Crippen LogP contribution in [0.25, 0.3) is 0 Å². The Bertz CT molecular complexity index is 1020. The Morgan fingerprint density at radius 2 is 1.55 bits per heavy atom. The Morgan fingerprint density at radius 1 is 0.903 bits per heavy atom. The molecule has 1 amide bonds. The van der Waals surface area contributed by atoms with Crippen molar-refractivity contribution < 1.29 is 22.7 Å². The second kappa shape index (κ2) is 9.50. The lowest BCUT2D eigenvalue weighted by molar-refractivity contribution is -0.142. The zero-order valence-electron chi connectivity index (χ0n) is 17.2. The van der Waals surface area contributed by atoms with Crippen molar-refractivity contribution in [2.75, 3.05) is 26.2 Å². The van der Waals surface area contributed by atoms with Gasteiger partial charge in [0.25, 0.3) is 5.91 Å². The molecule has 2 aliphatic heterocycles. The fraction of sp³-hybridized carbons (Fsp3) is 0.455. The summed E-state index contributed by atoms with van der Waals surface area (Å²) in [5, 5.41) is 1.57. The van der Waals surface area contributed by atoms with E-state index in [2.05, 4.69) is 0 Å². The fourth-order valence-corrected chi connectivity index (χ4v) is 6.84. The highest BCUT2D eigenvalue weighted by Gasteiger charge is 2.35. The number of thiophene rings is 1. The van der Waals surface area contributed by atoms with Crippen molar-refractivity contribution in [1.82, 2.24) is 9.21 Å². The average molecular weight is 463 g/mol. The van der Waals surface area contributed by atoms with Crippen LogP contribution in [0.3, 0.4) is 0 Å². The van der Waals surface area contributed by atoms with Crippen LogP contribution >= 0.6 is 11.3 Å². The summed E-state index contributed by atoms with van der Waals surface area (Å²) in [6, 6.07) is 10.3. The van der Waals surface area contributed by atoms with Gasteiger partial charge in [0, 0.05) is 31.7 Å². The molecule has 2 aromatic rings. The van der Waals surface area contributed by atoms with Gasteiger partial charge < -0.3 is 9.64 Å². The van der Waals surface area contributed by atoms with Crippen molar-refractivity contribution in [3.63, 3.8) is 0 Å². The molecule has 9 heteroatoms. The molecular formula is C22H26N2O5S2. The molecule has 0 aliphatic carbocycles. The molecule has 0 radical (unpaired) electrons. The van der Waals surface area contributed by atoms with E-state index in [9.17, 15) is 18.0 Å². The molecule has 1 aromatic carbocycles. The van der Waals surface area contributed by atoms with Gasteiger partial charge >= 0.3 is 5.97 Å². The number of sulfonamides is 1. The third kappa shape index (κ3) is 4.68. The van der Waals surface area contributed by atoms with E-state index in [1.54, 1.807) is 34.5 Å². The van der Waals surface area contributed by atoms with E-state index in [4.69, 9.17) is 4.74 Å². The summed E-state index contributed by atoms with van der Waals surface area (Å²) >= 11 is 1.02. The maximum atomic E-state index is 13.2. The second-order valence-corrected chi connectivity index (χ2v) is 10.6. The highest BCUT2D eigenvalue weighted by Crippen LogP contribution is 2.31. The summed E-state index contributed by atoms with van der Waals surface area (Å²) in [5.41, 5.74) is 0.576. The zero-order valence-corrected chi connectivity index (χ0v) is 18.9. The minimum absolute atomic E-state index is 0.0132. The summed E-state index contributed by atoms with van der Waals surface area (Å²) < 4.78 is 33.1. The molecule has 0 saturated carbocycles. The van der Waals surface area contributed by atoms with Crippen molar-refractivity contribution in [1.29, 1.82) is 0 Å². The molecule has 166 valence electrons. The molecule has 2 aliphatic rings. The van der Waals surface area contributed by atoms with Crippen LogP contribution in [-0.2, 0) is 19.6 Å². The van der Waals surface area contributed by atoms with Crippen molar-refractivity contribution in [3.05, 3.63) is 52.2 Å². The van der Waals surface area contributed by atoms with Gasteiger partial charge in [-0.1, -0.05) is 30.3 Å². The predicted octanol–water partition coefficient (Wildman–Crippen LogP) is 3.44. The second-order valence-electron chi connectivity index (χ2n) is 7.81. The number of nitrogens with zero attached hydrogens (tertiary/aromatic N) is 2. The number of rotatable bonds is 6. The largest absolute Gasteiger partial charge is 0.443 e. The maximum absolute atomic E-state index is 13.2. The first kappa shape index (κ1) is 22.0. The number of hydrogen-bond donors (Lipinski definition) is 0. The summed E-state index contributed by atoms with van der Waals surface area (Å²) in [4.78, 5) is 28.0. The molecule has 0 bridgehead atoms. The number of esters is 1. The number of carbonyl (C=O) groups excluding carboxylic acids is 2. The Labute approximate surface area is 186 Å². The predicted molar refractivity (Wildman–Crippen MR) is 117 cm³/mol. The summed E-state index contributed by atoms with van der Waals surface area (Å²) in [7, 11) is -3.76. The van der Waals surface area contributed by atoms with Gasteiger partial charge in [0.05, 0.1) is 0 Å². The Hall–Kier alpha value is -2.23. The molecule has 1 atom stereocenters. The Balaban J connectivity index is 1.60. The number of likely N-dealkylation sites (tertiary alicyclic amines) is 1. The molecule has 1 aromatic heterocycles. The van der Waals surface area contributed by atoms with Crippen LogP contribution in [0.5, 0.6) is 0 Å². The van der Waals surface area contributed by atoms with Gasteiger partial charge in [0.15, 0.2) is 0 Å². The molecular weight excluding hydrogens is 436 g/mol. The van der Waals surface area contributed by atoms with Crippen LogP contribution in [0.4, 0.5) is 0 Å². The summed E-state index contributed by atoms with van der Waals surface area (Å²) in [5.74, 6) is -1.05. The average Bonchev–Trinajstić information content (AvgIpc) is 3.51. The lowest BCUT2D eigenvalue weighted by Gasteiger charge is -2.30. The van der Waals surface area contributed by atoms with Gasteiger partial charge in [-0.25, -0.2) is 13.2 Å². The number of amides is 1. The minimum atomic E-state index is -3.76. The number of carbonyl (C=O) groups is 2. The number of hydrogen-bond acceptors (Lipinski definition) is 6. The van der Waals surface area contributed by atoms with Crippen LogP contribution < -0.4 is 0 Å². The van der Waals surface area contributed by atoms with Crippen LogP contribution in [0, 0.1) is 0 Å². The quantitative estimate of drug-likeness (QED) is 0.614. The van der Waals surface area contributed by atoms with E-state index in [-0.39, 0.29) is 15.7 Å². The van der Waals surface area contributed by atoms with E-state index in [0.717, 1.165) is 43.4 Å². The Morgan fingerprint density at radius 3 is 2.23 bits per heavy atom. The standard InChI is InChI=1S/C22H26N2O5S2/c25-21(23-12-5-2-6-13-23)19(17-9-3-1-4-10-17)29-22(26)20-18(11-16-30-20)31(27,28)24-14-7-8-15-24/h1,3-4,9-11,16,19H,2,5-8,12-15H2/t19-/m1/s1. The fourth-order valence-electron chi connectivity index (χ4n) is 4.05. The van der Waals surface area contributed by atoms with Crippen LogP contribution in [0.1, 0.15) is 53.4 Å². The molecule has 2 saturated heterocycles. The summed E-state index contributed by atoms with van der Waals surface area (Å²) in [6.45, 7) is 2.17. The van der Waals surface area contributed by atoms with Crippen LogP contribution in [0.2, 0.25) is 0 Å². The molecule has 0 spiro atoms. The van der Waals surface area contributed by atoms with E-state index in [1.165, 1.54) is 10.4 Å².